The van der Waals surface area contributed by atoms with Crippen molar-refractivity contribution in [2.75, 3.05) is 23.4 Å². The van der Waals surface area contributed by atoms with Crippen LogP contribution < -0.4 is 14.8 Å². The van der Waals surface area contributed by atoms with Gasteiger partial charge in [-0.05, 0) is 35.9 Å². The van der Waals surface area contributed by atoms with E-state index in [2.05, 4.69) is 10.0 Å². The van der Waals surface area contributed by atoms with Gasteiger partial charge in [0.2, 0.25) is 15.9 Å². The molecule has 2 N–H and O–H groups in total. The van der Waals surface area contributed by atoms with Crippen molar-refractivity contribution in [2.24, 2.45) is 0 Å². The molecule has 0 aliphatic heterocycles. The van der Waals surface area contributed by atoms with Crippen molar-refractivity contribution in [1.29, 1.82) is 0 Å². The van der Waals surface area contributed by atoms with Gasteiger partial charge in [0, 0.05) is 11.8 Å². The molecule has 0 radical (unpaired) electrons. The van der Waals surface area contributed by atoms with Crippen LogP contribution in [0.2, 0.25) is 0 Å². The van der Waals surface area contributed by atoms with Gasteiger partial charge in [-0.3, -0.25) is 9.52 Å². The molecule has 0 fully saturated rings. The third kappa shape index (κ3) is 5.44. The summed E-state index contributed by atoms with van der Waals surface area (Å²) in [5.74, 6) is 0.285. The number of hydrogen-bond acceptors (Lipinski definition) is 4. The van der Waals surface area contributed by atoms with E-state index in [9.17, 15) is 13.2 Å². The van der Waals surface area contributed by atoms with Crippen LogP contribution in [0.15, 0.2) is 54.6 Å². The molecule has 2 aromatic carbocycles. The highest BCUT2D eigenvalue weighted by atomic mass is 32.2. The predicted molar refractivity (Wildman–Crippen MR) is 95.6 cm³/mol. The van der Waals surface area contributed by atoms with Crippen molar-refractivity contribution in [3.8, 4) is 5.75 Å². The van der Waals surface area contributed by atoms with Crippen molar-refractivity contribution >= 4 is 33.4 Å². The van der Waals surface area contributed by atoms with Gasteiger partial charge in [-0.2, -0.15) is 0 Å². The van der Waals surface area contributed by atoms with Crippen LogP contribution >= 0.6 is 0 Å². The number of para-hydroxylation sites is 2. The van der Waals surface area contributed by atoms with Crippen molar-refractivity contribution in [1.82, 2.24) is 0 Å². The zero-order valence-corrected chi connectivity index (χ0v) is 14.1. The highest BCUT2D eigenvalue weighted by Gasteiger charge is 2.04. The molecule has 126 valence electrons. The first-order valence-corrected chi connectivity index (χ1v) is 8.96. The minimum Gasteiger partial charge on any atom is -0.495 e. The van der Waals surface area contributed by atoms with E-state index in [0.29, 0.717) is 17.1 Å². The molecule has 0 saturated heterocycles. The van der Waals surface area contributed by atoms with Gasteiger partial charge < -0.3 is 10.1 Å². The third-order valence-corrected chi connectivity index (χ3v) is 3.61. The average molecular weight is 346 g/mol. The number of anilines is 2. The Labute approximate surface area is 141 Å². The number of methoxy groups -OCH3 is 1. The van der Waals surface area contributed by atoms with Crippen LogP contribution in [0.4, 0.5) is 11.4 Å². The number of sulfonamides is 1. The van der Waals surface area contributed by atoms with Gasteiger partial charge in [-0.1, -0.05) is 24.3 Å². The van der Waals surface area contributed by atoms with Gasteiger partial charge in [-0.15, -0.1) is 0 Å². The van der Waals surface area contributed by atoms with E-state index in [-0.39, 0.29) is 5.91 Å². The maximum absolute atomic E-state index is 12.0. The summed E-state index contributed by atoms with van der Waals surface area (Å²) in [5, 5.41) is 2.73. The second-order valence-electron chi connectivity index (χ2n) is 5.02. The van der Waals surface area contributed by atoms with Crippen LogP contribution in [0.25, 0.3) is 6.08 Å². The number of hydrogen-bond donors (Lipinski definition) is 2. The Morgan fingerprint density at radius 1 is 1.08 bits per heavy atom. The normalized spacial score (nSPS) is 11.2. The first-order valence-electron chi connectivity index (χ1n) is 7.07. The summed E-state index contributed by atoms with van der Waals surface area (Å²) in [6.45, 7) is 0. The summed E-state index contributed by atoms with van der Waals surface area (Å²) < 4.78 is 29.8. The van der Waals surface area contributed by atoms with Crippen molar-refractivity contribution in [3.63, 3.8) is 0 Å². The average Bonchev–Trinajstić information content (AvgIpc) is 2.53. The maximum Gasteiger partial charge on any atom is 0.248 e. The highest BCUT2D eigenvalue weighted by Crippen LogP contribution is 2.23. The van der Waals surface area contributed by atoms with Crippen molar-refractivity contribution < 1.29 is 17.9 Å². The van der Waals surface area contributed by atoms with E-state index < -0.39 is 10.0 Å². The van der Waals surface area contributed by atoms with E-state index >= 15 is 0 Å². The van der Waals surface area contributed by atoms with Gasteiger partial charge in [0.05, 0.1) is 19.1 Å². The largest absolute Gasteiger partial charge is 0.495 e. The lowest BCUT2D eigenvalue weighted by atomic mass is 10.2. The molecule has 2 rings (SSSR count). The SMILES string of the molecule is COc1ccccc1NC(=O)/C=C/c1ccc(NS(C)(=O)=O)cc1. The van der Waals surface area contributed by atoms with Crippen LogP contribution in [-0.2, 0) is 14.8 Å². The lowest BCUT2D eigenvalue weighted by Gasteiger charge is -2.07. The molecule has 0 unspecified atom stereocenters. The third-order valence-electron chi connectivity index (χ3n) is 3.01. The van der Waals surface area contributed by atoms with Gasteiger partial charge in [0.1, 0.15) is 5.75 Å². The van der Waals surface area contributed by atoms with Crippen LogP contribution in [0, 0.1) is 0 Å². The molecule has 0 aromatic heterocycles. The number of ether oxygens (including phenoxy) is 1. The number of carbonyl (C=O) groups is 1. The second-order valence-corrected chi connectivity index (χ2v) is 6.77. The topological polar surface area (TPSA) is 84.5 Å². The molecule has 7 heteroatoms. The number of benzene rings is 2. The Morgan fingerprint density at radius 2 is 1.75 bits per heavy atom. The predicted octanol–water partition coefficient (Wildman–Crippen LogP) is 2.72. The lowest BCUT2D eigenvalue weighted by molar-refractivity contribution is -0.111. The molecule has 0 aliphatic carbocycles. The van der Waals surface area contributed by atoms with Gasteiger partial charge >= 0.3 is 0 Å². The monoisotopic (exact) mass is 346 g/mol. The van der Waals surface area contributed by atoms with E-state index in [1.165, 1.54) is 13.2 Å². The number of nitrogens with one attached hydrogen (secondary N) is 2. The molecule has 0 atom stereocenters. The van der Waals surface area contributed by atoms with Crippen molar-refractivity contribution in [3.05, 3.63) is 60.2 Å². The standard InChI is InChI=1S/C17H18N2O4S/c1-23-16-6-4-3-5-15(16)18-17(20)12-9-13-7-10-14(11-8-13)19-24(2,21)22/h3-12,19H,1-2H3,(H,18,20)/b12-9+. The number of carbonyl (C=O) groups excluding carboxylic acids is 1. The lowest BCUT2D eigenvalue weighted by Crippen LogP contribution is -2.09. The van der Waals surface area contributed by atoms with Crippen LogP contribution in [-0.4, -0.2) is 27.7 Å². The fourth-order valence-electron chi connectivity index (χ4n) is 1.97. The van der Waals surface area contributed by atoms with Gasteiger partial charge in [-0.25, -0.2) is 8.42 Å². The highest BCUT2D eigenvalue weighted by molar-refractivity contribution is 7.92. The fourth-order valence-corrected chi connectivity index (χ4v) is 2.53. The van der Waals surface area contributed by atoms with E-state index in [1.807, 2.05) is 6.07 Å². The summed E-state index contributed by atoms with van der Waals surface area (Å²) in [7, 11) is -1.77. The quantitative estimate of drug-likeness (QED) is 0.788. The molecule has 0 saturated carbocycles. The summed E-state index contributed by atoms with van der Waals surface area (Å²) in [5.41, 5.74) is 1.82. The fraction of sp³-hybridized carbons (Fsp3) is 0.118. The smallest absolute Gasteiger partial charge is 0.248 e. The minimum absolute atomic E-state index is 0.294. The number of amides is 1. The Balaban J connectivity index is 2.01. The molecule has 0 bridgehead atoms. The second kappa shape index (κ2) is 7.65. The summed E-state index contributed by atoms with van der Waals surface area (Å²) >= 11 is 0. The molecule has 0 heterocycles. The van der Waals surface area contributed by atoms with Crippen LogP contribution in [0.1, 0.15) is 5.56 Å². The van der Waals surface area contributed by atoms with Crippen molar-refractivity contribution in [2.45, 2.75) is 0 Å². The van der Waals surface area contributed by atoms with Gasteiger partial charge in [0.15, 0.2) is 0 Å². The molecule has 6 nitrogen and oxygen atoms in total. The van der Waals surface area contributed by atoms with E-state index in [4.69, 9.17) is 4.74 Å². The minimum atomic E-state index is -3.30. The zero-order valence-electron chi connectivity index (χ0n) is 13.3. The molecule has 0 aliphatic rings. The molecule has 2 aromatic rings. The first-order chi connectivity index (χ1) is 11.4. The molecule has 24 heavy (non-hydrogen) atoms. The van der Waals surface area contributed by atoms with Gasteiger partial charge in [0.25, 0.3) is 0 Å². The Bertz CT molecular complexity index is 843. The van der Waals surface area contributed by atoms with Crippen LogP contribution in [0.5, 0.6) is 5.75 Å². The summed E-state index contributed by atoms with van der Waals surface area (Å²) in [4.78, 5) is 12.0. The Hall–Kier alpha value is -2.80. The Kier molecular flexibility index (Phi) is 5.59. The summed E-state index contributed by atoms with van der Waals surface area (Å²) in [6, 6.07) is 13.8. The number of rotatable bonds is 6. The Morgan fingerprint density at radius 3 is 2.38 bits per heavy atom. The van der Waals surface area contributed by atoms with E-state index in [1.54, 1.807) is 48.5 Å². The molecular weight excluding hydrogens is 328 g/mol. The summed E-state index contributed by atoms with van der Waals surface area (Å²) in [6.07, 6.45) is 4.11. The van der Waals surface area contributed by atoms with E-state index in [0.717, 1.165) is 11.8 Å². The molecule has 1 amide bonds. The molecular formula is C17H18N2O4S. The zero-order chi connectivity index (χ0) is 17.6. The molecule has 0 spiro atoms. The van der Waals surface area contributed by atoms with Crippen LogP contribution in [0.3, 0.4) is 0 Å². The maximum atomic E-state index is 12.0. The first kappa shape index (κ1) is 17.6.